The molecule has 0 radical (unpaired) electrons. The SMILES string of the molecule is O=C(C[NH+]1CCC[C@@H]1c1ccc2c(c1)OCCO2)NC12CC3CC(CC(C3)C1)C2. The van der Waals surface area contributed by atoms with Crippen LogP contribution < -0.4 is 19.7 Å². The van der Waals surface area contributed by atoms with Gasteiger partial charge in [-0.3, -0.25) is 4.79 Å². The van der Waals surface area contributed by atoms with Crippen molar-refractivity contribution in [2.45, 2.75) is 62.9 Å². The number of fused-ring (bicyclic) bond motifs is 1. The van der Waals surface area contributed by atoms with Gasteiger partial charge in [-0.25, -0.2) is 0 Å². The second-order valence-electron chi connectivity index (χ2n) is 10.4. The van der Waals surface area contributed by atoms with Gasteiger partial charge in [-0.15, -0.1) is 0 Å². The highest BCUT2D eigenvalue weighted by molar-refractivity contribution is 5.77. The van der Waals surface area contributed by atoms with Crippen LogP contribution >= 0.6 is 0 Å². The minimum Gasteiger partial charge on any atom is -0.486 e. The Kier molecular flexibility index (Phi) is 4.30. The van der Waals surface area contributed by atoms with Crippen LogP contribution in [0.5, 0.6) is 11.5 Å². The summed E-state index contributed by atoms with van der Waals surface area (Å²) in [6.45, 7) is 2.91. The number of carbonyl (C=O) groups is 1. The van der Waals surface area contributed by atoms with E-state index in [0.29, 0.717) is 25.8 Å². The highest BCUT2D eigenvalue weighted by atomic mass is 16.6. The molecule has 5 heteroatoms. The van der Waals surface area contributed by atoms with Crippen LogP contribution in [0.2, 0.25) is 0 Å². The Morgan fingerprint density at radius 3 is 2.45 bits per heavy atom. The van der Waals surface area contributed by atoms with Crippen LogP contribution in [0.25, 0.3) is 0 Å². The molecule has 1 aromatic carbocycles. The number of nitrogens with one attached hydrogen (secondary N) is 2. The van der Waals surface area contributed by atoms with E-state index in [1.165, 1.54) is 55.4 Å². The van der Waals surface area contributed by atoms with Crippen molar-refractivity contribution >= 4 is 5.91 Å². The van der Waals surface area contributed by atoms with Gasteiger partial charge in [0, 0.05) is 23.9 Å². The molecule has 156 valence electrons. The molecule has 0 aromatic heterocycles. The molecule has 5 nitrogen and oxygen atoms in total. The highest BCUT2D eigenvalue weighted by Gasteiger charge is 2.51. The molecule has 4 saturated carbocycles. The van der Waals surface area contributed by atoms with E-state index >= 15 is 0 Å². The number of ether oxygens (including phenoxy) is 2. The molecule has 1 saturated heterocycles. The first-order valence-corrected chi connectivity index (χ1v) is 11.7. The maximum absolute atomic E-state index is 13.1. The summed E-state index contributed by atoms with van der Waals surface area (Å²) in [5.41, 5.74) is 1.40. The average molecular weight is 398 g/mol. The lowest BCUT2D eigenvalue weighted by atomic mass is 9.53. The summed E-state index contributed by atoms with van der Waals surface area (Å²) >= 11 is 0. The highest BCUT2D eigenvalue weighted by Crippen LogP contribution is 2.55. The van der Waals surface area contributed by atoms with E-state index in [0.717, 1.165) is 42.2 Å². The molecule has 1 amide bonds. The van der Waals surface area contributed by atoms with E-state index in [9.17, 15) is 4.79 Å². The third kappa shape index (κ3) is 3.31. The molecule has 4 aliphatic carbocycles. The van der Waals surface area contributed by atoms with Gasteiger partial charge in [0.1, 0.15) is 19.3 Å². The zero-order valence-corrected chi connectivity index (χ0v) is 17.3. The summed E-state index contributed by atoms with van der Waals surface area (Å²) in [7, 11) is 0. The first kappa shape index (κ1) is 18.1. The van der Waals surface area contributed by atoms with Gasteiger partial charge in [-0.05, 0) is 74.5 Å². The smallest absolute Gasteiger partial charge is 0.275 e. The summed E-state index contributed by atoms with van der Waals surface area (Å²) in [6.07, 6.45) is 10.2. The van der Waals surface area contributed by atoms with Crippen molar-refractivity contribution in [3.05, 3.63) is 23.8 Å². The van der Waals surface area contributed by atoms with Gasteiger partial charge < -0.3 is 19.7 Å². The molecule has 29 heavy (non-hydrogen) atoms. The summed E-state index contributed by atoms with van der Waals surface area (Å²) in [4.78, 5) is 14.5. The molecule has 2 N–H and O–H groups in total. The van der Waals surface area contributed by atoms with Crippen molar-refractivity contribution in [1.82, 2.24) is 5.32 Å². The molecular weight excluding hydrogens is 364 g/mol. The van der Waals surface area contributed by atoms with Gasteiger partial charge in [-0.1, -0.05) is 0 Å². The molecule has 1 unspecified atom stereocenters. The lowest BCUT2D eigenvalue weighted by Crippen LogP contribution is -3.11. The second kappa shape index (κ2) is 6.90. The second-order valence-corrected chi connectivity index (χ2v) is 10.4. The van der Waals surface area contributed by atoms with Crippen LogP contribution in [0.3, 0.4) is 0 Å². The minimum atomic E-state index is 0.123. The lowest BCUT2D eigenvalue weighted by Gasteiger charge is -2.56. The molecule has 5 fully saturated rings. The third-order valence-electron chi connectivity index (χ3n) is 8.28. The zero-order valence-electron chi connectivity index (χ0n) is 17.3. The topological polar surface area (TPSA) is 52.0 Å². The maximum Gasteiger partial charge on any atom is 0.275 e. The third-order valence-corrected chi connectivity index (χ3v) is 8.28. The summed E-state index contributed by atoms with van der Waals surface area (Å²) in [5.74, 6) is 4.58. The largest absolute Gasteiger partial charge is 0.486 e. The van der Waals surface area contributed by atoms with Gasteiger partial charge in [0.15, 0.2) is 18.0 Å². The fourth-order valence-corrected chi connectivity index (χ4v) is 7.61. The first-order valence-electron chi connectivity index (χ1n) is 11.7. The van der Waals surface area contributed by atoms with E-state index in [4.69, 9.17) is 9.47 Å². The number of hydrogen-bond acceptors (Lipinski definition) is 3. The Morgan fingerprint density at radius 1 is 1.03 bits per heavy atom. The van der Waals surface area contributed by atoms with Crippen molar-refractivity contribution in [1.29, 1.82) is 0 Å². The van der Waals surface area contributed by atoms with Gasteiger partial charge >= 0.3 is 0 Å². The molecule has 1 aromatic rings. The Morgan fingerprint density at radius 2 is 1.72 bits per heavy atom. The van der Waals surface area contributed by atoms with E-state index < -0.39 is 0 Å². The van der Waals surface area contributed by atoms with Crippen molar-refractivity contribution < 1.29 is 19.2 Å². The Balaban J connectivity index is 1.14. The number of hydrogen-bond donors (Lipinski definition) is 2. The molecule has 0 spiro atoms. The number of benzene rings is 1. The van der Waals surface area contributed by atoms with Crippen LogP contribution in [0.4, 0.5) is 0 Å². The number of amides is 1. The summed E-state index contributed by atoms with van der Waals surface area (Å²) in [6, 6.07) is 6.73. The van der Waals surface area contributed by atoms with Gasteiger partial charge in [0.2, 0.25) is 0 Å². The van der Waals surface area contributed by atoms with E-state index in [1.54, 1.807) is 0 Å². The summed E-state index contributed by atoms with van der Waals surface area (Å²) < 4.78 is 11.5. The number of carbonyl (C=O) groups excluding carboxylic acids is 1. The molecular formula is C24H33N2O3+. The molecule has 4 bridgehead atoms. The van der Waals surface area contributed by atoms with E-state index in [2.05, 4.69) is 17.4 Å². The Labute approximate surface area is 173 Å². The van der Waals surface area contributed by atoms with Crippen LogP contribution in [-0.4, -0.2) is 37.7 Å². The van der Waals surface area contributed by atoms with Gasteiger partial charge in [0.25, 0.3) is 5.91 Å². The predicted octanol–water partition coefficient (Wildman–Crippen LogP) is 2.26. The molecule has 6 aliphatic rings. The lowest BCUT2D eigenvalue weighted by molar-refractivity contribution is -0.910. The number of quaternary nitrogens is 1. The summed E-state index contributed by atoms with van der Waals surface area (Å²) in [5, 5.41) is 3.57. The molecule has 2 heterocycles. The monoisotopic (exact) mass is 397 g/mol. The van der Waals surface area contributed by atoms with Crippen LogP contribution in [0.1, 0.15) is 63.0 Å². The van der Waals surface area contributed by atoms with Gasteiger partial charge in [-0.2, -0.15) is 0 Å². The van der Waals surface area contributed by atoms with Crippen molar-refractivity contribution in [3.8, 4) is 11.5 Å². The minimum absolute atomic E-state index is 0.123. The van der Waals surface area contributed by atoms with Gasteiger partial charge in [0.05, 0.1) is 6.54 Å². The van der Waals surface area contributed by atoms with Crippen molar-refractivity contribution in [3.63, 3.8) is 0 Å². The van der Waals surface area contributed by atoms with E-state index in [-0.39, 0.29) is 11.4 Å². The van der Waals surface area contributed by atoms with Crippen molar-refractivity contribution in [2.24, 2.45) is 17.8 Å². The van der Waals surface area contributed by atoms with Crippen LogP contribution in [0.15, 0.2) is 18.2 Å². The Hall–Kier alpha value is -1.75. The van der Waals surface area contributed by atoms with Crippen molar-refractivity contribution in [2.75, 3.05) is 26.3 Å². The number of rotatable bonds is 4. The molecule has 2 atom stereocenters. The van der Waals surface area contributed by atoms with Crippen LogP contribution in [-0.2, 0) is 4.79 Å². The first-order chi connectivity index (χ1) is 14.2. The average Bonchev–Trinajstić information content (AvgIpc) is 3.14. The number of likely N-dealkylation sites (tertiary alicyclic amines) is 1. The quantitative estimate of drug-likeness (QED) is 0.820. The maximum atomic E-state index is 13.1. The van der Waals surface area contributed by atoms with E-state index in [1.807, 2.05) is 6.07 Å². The van der Waals surface area contributed by atoms with Crippen LogP contribution in [0, 0.1) is 17.8 Å². The Bertz CT molecular complexity index is 772. The zero-order chi connectivity index (χ0) is 19.4. The normalized spacial score (nSPS) is 39.5. The fraction of sp³-hybridized carbons (Fsp3) is 0.708. The molecule has 2 aliphatic heterocycles. The fourth-order valence-electron chi connectivity index (χ4n) is 7.61. The predicted molar refractivity (Wildman–Crippen MR) is 109 cm³/mol. The molecule has 7 rings (SSSR count). The standard InChI is InChI=1S/C24H32N2O3/c27-23(25-24-12-16-8-17(13-24)10-18(9-16)14-24)15-26-5-1-2-20(26)19-3-4-21-22(11-19)29-7-6-28-21/h3-4,11,16-18,20H,1-2,5-10,12-15H2,(H,25,27)/p+1/t16?,17?,18?,20-,24?/m1/s1.